The number of nitrogens with one attached hydrogen (secondary N) is 2. The minimum absolute atomic E-state index is 0.156. The second-order valence-corrected chi connectivity index (χ2v) is 5.98. The van der Waals surface area contributed by atoms with Gasteiger partial charge in [0, 0.05) is 38.6 Å². The summed E-state index contributed by atoms with van der Waals surface area (Å²) in [7, 11) is -0.432. The number of rotatable bonds is 5. The van der Waals surface area contributed by atoms with Crippen molar-refractivity contribution in [2.45, 2.75) is 11.4 Å². The highest BCUT2D eigenvalue weighted by atomic mass is 32.2. The van der Waals surface area contributed by atoms with Crippen molar-refractivity contribution in [1.82, 2.24) is 19.5 Å². The highest BCUT2D eigenvalue weighted by Gasteiger charge is 2.24. The maximum atomic E-state index is 12.5. The second kappa shape index (κ2) is 5.37. The van der Waals surface area contributed by atoms with Crippen LogP contribution >= 0.6 is 0 Å². The largest absolute Gasteiger partial charge is 0.372 e. The molecule has 0 aliphatic rings. The van der Waals surface area contributed by atoms with E-state index >= 15 is 0 Å². The third kappa shape index (κ3) is 2.74. The molecule has 102 valence electrons. The fourth-order valence-electron chi connectivity index (χ4n) is 1.66. The summed E-state index contributed by atoms with van der Waals surface area (Å²) in [6, 6.07) is 3.12. The molecule has 0 saturated carbocycles. The summed E-state index contributed by atoms with van der Waals surface area (Å²) < 4.78 is 26.2. The van der Waals surface area contributed by atoms with E-state index in [1.54, 1.807) is 31.7 Å². The van der Waals surface area contributed by atoms with Gasteiger partial charge in [-0.2, -0.15) is 9.40 Å². The topological polar surface area (TPSA) is 91.0 Å². The fourth-order valence-corrected chi connectivity index (χ4v) is 2.96. The minimum atomic E-state index is -3.59. The lowest BCUT2D eigenvalue weighted by molar-refractivity contribution is 0.467. The van der Waals surface area contributed by atoms with Crippen molar-refractivity contribution in [2.75, 3.05) is 19.4 Å². The third-order valence-corrected chi connectivity index (χ3v) is 4.49. The van der Waals surface area contributed by atoms with Crippen LogP contribution in [0.4, 0.5) is 5.82 Å². The van der Waals surface area contributed by atoms with Crippen molar-refractivity contribution in [2.24, 2.45) is 0 Å². The van der Waals surface area contributed by atoms with E-state index < -0.39 is 10.0 Å². The minimum Gasteiger partial charge on any atom is -0.372 e. The Balaban J connectivity index is 2.31. The number of hydrogen-bond acceptors (Lipinski definition) is 5. The quantitative estimate of drug-likeness (QED) is 0.840. The van der Waals surface area contributed by atoms with Gasteiger partial charge in [0.25, 0.3) is 0 Å². The molecule has 0 aromatic carbocycles. The molecule has 2 aromatic rings. The first-order valence-corrected chi connectivity index (χ1v) is 7.06. The van der Waals surface area contributed by atoms with Crippen LogP contribution in [0.25, 0.3) is 0 Å². The lowest BCUT2D eigenvalue weighted by atomic mass is 10.4. The Labute approximate surface area is 111 Å². The molecule has 0 aliphatic heterocycles. The van der Waals surface area contributed by atoms with Crippen molar-refractivity contribution < 1.29 is 8.42 Å². The van der Waals surface area contributed by atoms with Crippen LogP contribution < -0.4 is 5.32 Å². The summed E-state index contributed by atoms with van der Waals surface area (Å²) in [6.07, 6.45) is 4.80. The van der Waals surface area contributed by atoms with E-state index in [1.807, 2.05) is 0 Å². The number of hydrogen-bond donors (Lipinski definition) is 2. The van der Waals surface area contributed by atoms with Gasteiger partial charge in [0.15, 0.2) is 0 Å². The molecule has 0 unspecified atom stereocenters. The van der Waals surface area contributed by atoms with E-state index in [9.17, 15) is 8.42 Å². The number of pyridine rings is 1. The van der Waals surface area contributed by atoms with Crippen LogP contribution in [0.5, 0.6) is 0 Å². The number of anilines is 1. The maximum absolute atomic E-state index is 12.5. The van der Waals surface area contributed by atoms with Gasteiger partial charge < -0.3 is 5.32 Å². The summed E-state index contributed by atoms with van der Waals surface area (Å²) in [4.78, 5) is 4.16. The molecule has 8 heteroatoms. The van der Waals surface area contributed by atoms with E-state index in [4.69, 9.17) is 0 Å². The molecule has 0 amide bonds. The lowest BCUT2D eigenvalue weighted by Gasteiger charge is -2.17. The van der Waals surface area contributed by atoms with Crippen LogP contribution in [0.15, 0.2) is 35.6 Å². The molecule has 2 heterocycles. The predicted octanol–water partition coefficient (Wildman–Crippen LogP) is 0.667. The Hall–Kier alpha value is -1.93. The second-order valence-electron chi connectivity index (χ2n) is 3.97. The highest BCUT2D eigenvalue weighted by Crippen LogP contribution is 2.22. The van der Waals surface area contributed by atoms with Gasteiger partial charge in [-0.1, -0.05) is 0 Å². The SMILES string of the molecule is CNc1ncccc1S(=O)(=O)N(C)Cc1cn[nH]c1. The smallest absolute Gasteiger partial charge is 0.246 e. The van der Waals surface area contributed by atoms with Crippen LogP contribution in [0.1, 0.15) is 5.56 Å². The van der Waals surface area contributed by atoms with Gasteiger partial charge in [-0.25, -0.2) is 13.4 Å². The number of sulfonamides is 1. The summed E-state index contributed by atoms with van der Waals surface area (Å²) in [5, 5.41) is 9.23. The van der Waals surface area contributed by atoms with Crippen molar-refractivity contribution in [3.8, 4) is 0 Å². The summed E-state index contributed by atoms with van der Waals surface area (Å²) in [5.74, 6) is 0.335. The van der Waals surface area contributed by atoms with E-state index in [0.29, 0.717) is 5.82 Å². The Morgan fingerprint density at radius 1 is 1.47 bits per heavy atom. The van der Waals surface area contributed by atoms with E-state index in [-0.39, 0.29) is 11.4 Å². The van der Waals surface area contributed by atoms with Crippen LogP contribution in [0.3, 0.4) is 0 Å². The first kappa shape index (κ1) is 13.5. The molecule has 0 fully saturated rings. The van der Waals surface area contributed by atoms with Gasteiger partial charge in [-0.05, 0) is 12.1 Å². The van der Waals surface area contributed by atoms with Crippen LogP contribution in [-0.2, 0) is 16.6 Å². The van der Waals surface area contributed by atoms with E-state index in [0.717, 1.165) is 5.56 Å². The maximum Gasteiger partial charge on any atom is 0.246 e. The predicted molar refractivity (Wildman–Crippen MR) is 71.0 cm³/mol. The summed E-state index contributed by atoms with van der Waals surface area (Å²) in [5.41, 5.74) is 0.793. The van der Waals surface area contributed by atoms with Gasteiger partial charge in [-0.15, -0.1) is 0 Å². The Bertz CT molecular complexity index is 639. The molecule has 0 atom stereocenters. The molecular weight excluding hydrogens is 266 g/mol. The van der Waals surface area contributed by atoms with E-state index in [1.165, 1.54) is 17.4 Å². The van der Waals surface area contributed by atoms with Crippen molar-refractivity contribution in [1.29, 1.82) is 0 Å². The number of aromatic amines is 1. The first-order chi connectivity index (χ1) is 9.05. The molecule has 0 bridgehead atoms. The molecule has 0 radical (unpaired) electrons. The normalized spacial score (nSPS) is 11.7. The lowest BCUT2D eigenvalue weighted by Crippen LogP contribution is -2.27. The molecular formula is C11H15N5O2S. The summed E-state index contributed by atoms with van der Waals surface area (Å²) >= 11 is 0. The van der Waals surface area contributed by atoms with Crippen molar-refractivity contribution in [3.05, 3.63) is 36.3 Å². The molecule has 19 heavy (non-hydrogen) atoms. The zero-order chi connectivity index (χ0) is 13.9. The van der Waals surface area contributed by atoms with Gasteiger partial charge in [0.1, 0.15) is 10.7 Å². The van der Waals surface area contributed by atoms with E-state index in [2.05, 4.69) is 20.5 Å². The Morgan fingerprint density at radius 3 is 2.89 bits per heavy atom. The van der Waals surface area contributed by atoms with Crippen LogP contribution in [-0.4, -0.2) is 42.0 Å². The molecule has 0 spiro atoms. The van der Waals surface area contributed by atoms with Crippen molar-refractivity contribution in [3.63, 3.8) is 0 Å². The average Bonchev–Trinajstić information content (AvgIpc) is 2.91. The zero-order valence-electron chi connectivity index (χ0n) is 10.7. The first-order valence-electron chi connectivity index (χ1n) is 5.62. The zero-order valence-corrected chi connectivity index (χ0v) is 11.5. The molecule has 2 rings (SSSR count). The highest BCUT2D eigenvalue weighted by molar-refractivity contribution is 7.89. The molecule has 0 saturated heterocycles. The number of aromatic nitrogens is 3. The van der Waals surface area contributed by atoms with Gasteiger partial charge in [0.2, 0.25) is 10.0 Å². The van der Waals surface area contributed by atoms with Gasteiger partial charge in [0.05, 0.1) is 6.20 Å². The molecule has 2 aromatic heterocycles. The van der Waals surface area contributed by atoms with Gasteiger partial charge >= 0.3 is 0 Å². The standard InChI is InChI=1S/C11H15N5O2S/c1-12-11-10(4-3-5-13-11)19(17,18)16(2)8-9-6-14-15-7-9/h3-7H,8H2,1-2H3,(H,12,13)(H,14,15). The average molecular weight is 281 g/mol. The van der Waals surface area contributed by atoms with Crippen molar-refractivity contribution >= 4 is 15.8 Å². The molecule has 7 nitrogen and oxygen atoms in total. The monoisotopic (exact) mass is 281 g/mol. The summed E-state index contributed by atoms with van der Waals surface area (Å²) in [6.45, 7) is 0.247. The Kier molecular flexibility index (Phi) is 3.82. The number of nitrogens with zero attached hydrogens (tertiary/aromatic N) is 3. The third-order valence-electron chi connectivity index (χ3n) is 2.66. The molecule has 2 N–H and O–H groups in total. The molecule has 0 aliphatic carbocycles. The van der Waals surface area contributed by atoms with Crippen LogP contribution in [0.2, 0.25) is 0 Å². The Morgan fingerprint density at radius 2 is 2.26 bits per heavy atom. The fraction of sp³-hybridized carbons (Fsp3) is 0.273. The van der Waals surface area contributed by atoms with Gasteiger partial charge in [-0.3, -0.25) is 5.10 Å². The number of H-pyrrole nitrogens is 1. The van der Waals surface area contributed by atoms with Crippen LogP contribution in [0, 0.1) is 0 Å².